The molecule has 0 spiro atoms. The first-order valence-corrected chi connectivity index (χ1v) is 13.2. The molecule has 3 heterocycles. The molecule has 7 heteroatoms. The molecular weight excluding hydrogens is 432 g/mol. The maximum atomic E-state index is 13.6. The number of thiophene rings is 1. The van der Waals surface area contributed by atoms with Crippen LogP contribution in [0.1, 0.15) is 54.8 Å². The average molecular weight is 469 g/mol. The van der Waals surface area contributed by atoms with Crippen molar-refractivity contribution in [3.63, 3.8) is 0 Å². The molecule has 0 aliphatic carbocycles. The number of para-hydroxylation sites is 2. The summed E-state index contributed by atoms with van der Waals surface area (Å²) in [6, 6.07) is 7.59. The molecule has 1 aromatic carbocycles. The van der Waals surface area contributed by atoms with Gasteiger partial charge in [-0.1, -0.05) is 26.0 Å². The number of hydrogen-bond acceptors (Lipinski definition) is 5. The summed E-state index contributed by atoms with van der Waals surface area (Å²) >= 11 is 1.52. The highest BCUT2D eigenvalue weighted by Gasteiger charge is 2.33. The lowest BCUT2D eigenvalue weighted by Crippen LogP contribution is -2.42. The normalized spacial score (nSPS) is 17.0. The van der Waals surface area contributed by atoms with Crippen molar-refractivity contribution < 1.29 is 9.59 Å². The van der Waals surface area contributed by atoms with E-state index in [2.05, 4.69) is 29.0 Å². The Labute approximate surface area is 201 Å². The quantitative estimate of drug-likeness (QED) is 0.584. The molecule has 4 rings (SSSR count). The van der Waals surface area contributed by atoms with E-state index in [-0.39, 0.29) is 11.8 Å². The van der Waals surface area contributed by atoms with Gasteiger partial charge in [-0.2, -0.15) is 0 Å². The zero-order chi connectivity index (χ0) is 23.4. The Balaban J connectivity index is 1.41. The first-order valence-electron chi connectivity index (χ1n) is 12.3. The van der Waals surface area contributed by atoms with Crippen LogP contribution in [-0.4, -0.2) is 60.9 Å². The van der Waals surface area contributed by atoms with Crippen LogP contribution < -0.4 is 10.2 Å². The molecule has 0 atom stereocenters. The maximum absolute atomic E-state index is 13.6. The third kappa shape index (κ3) is 5.31. The molecule has 0 radical (unpaired) electrons. The van der Waals surface area contributed by atoms with E-state index >= 15 is 0 Å². The van der Waals surface area contributed by atoms with E-state index in [1.165, 1.54) is 30.7 Å². The molecule has 2 aliphatic rings. The van der Waals surface area contributed by atoms with Crippen molar-refractivity contribution >= 4 is 40.2 Å². The number of nitrogens with one attached hydrogen (secondary N) is 1. The zero-order valence-corrected chi connectivity index (χ0v) is 20.9. The van der Waals surface area contributed by atoms with Gasteiger partial charge in [-0.3, -0.25) is 19.4 Å². The monoisotopic (exact) mass is 468 g/mol. The van der Waals surface area contributed by atoms with E-state index < -0.39 is 0 Å². The molecule has 6 nitrogen and oxygen atoms in total. The van der Waals surface area contributed by atoms with Gasteiger partial charge in [-0.05, 0) is 83.4 Å². The first-order chi connectivity index (χ1) is 16.0. The van der Waals surface area contributed by atoms with Crippen LogP contribution in [-0.2, 0) is 4.79 Å². The Hall–Kier alpha value is -2.22. The van der Waals surface area contributed by atoms with E-state index in [4.69, 9.17) is 0 Å². The number of piperidine rings is 1. The molecule has 2 amide bonds. The summed E-state index contributed by atoms with van der Waals surface area (Å²) in [6.07, 6.45) is 4.86. The van der Waals surface area contributed by atoms with Crippen LogP contribution >= 0.6 is 11.3 Å². The van der Waals surface area contributed by atoms with Gasteiger partial charge in [0.05, 0.1) is 29.2 Å². The Kier molecular flexibility index (Phi) is 7.83. The van der Waals surface area contributed by atoms with Crippen molar-refractivity contribution in [1.82, 2.24) is 9.80 Å². The van der Waals surface area contributed by atoms with Crippen molar-refractivity contribution in [2.24, 2.45) is 5.92 Å². The van der Waals surface area contributed by atoms with Crippen LogP contribution in [0.3, 0.4) is 0 Å². The Morgan fingerprint density at radius 1 is 1.18 bits per heavy atom. The lowest BCUT2D eigenvalue weighted by Gasteiger charge is -2.33. The Morgan fingerprint density at radius 3 is 2.64 bits per heavy atom. The molecule has 178 valence electrons. The van der Waals surface area contributed by atoms with Gasteiger partial charge in [0, 0.05) is 10.3 Å². The van der Waals surface area contributed by atoms with Crippen molar-refractivity contribution in [2.75, 3.05) is 49.5 Å². The smallest absolute Gasteiger partial charge is 0.258 e. The number of nitrogens with zero attached hydrogens (tertiary/aromatic N) is 3. The van der Waals surface area contributed by atoms with Gasteiger partial charge in [-0.25, -0.2) is 0 Å². The number of amides is 2. The number of rotatable bonds is 8. The number of fused-ring (bicyclic) bond motifs is 2. The Bertz CT molecular complexity index is 976. The molecule has 1 aromatic heterocycles. The molecule has 2 aliphatic heterocycles. The zero-order valence-electron chi connectivity index (χ0n) is 20.1. The van der Waals surface area contributed by atoms with Crippen LogP contribution in [0, 0.1) is 12.8 Å². The summed E-state index contributed by atoms with van der Waals surface area (Å²) in [6.45, 7) is 12.2. The molecular formula is C26H36N4O2S. The molecule has 2 aromatic rings. The lowest BCUT2D eigenvalue weighted by atomic mass is 9.92. The molecule has 1 N–H and O–H groups in total. The number of anilines is 3. The van der Waals surface area contributed by atoms with Crippen LogP contribution in [0.4, 0.5) is 17.1 Å². The van der Waals surface area contributed by atoms with Gasteiger partial charge in [0.25, 0.3) is 5.91 Å². The highest BCUT2D eigenvalue weighted by Crippen LogP contribution is 2.42. The molecule has 1 fully saturated rings. The van der Waals surface area contributed by atoms with E-state index in [1.807, 2.05) is 36.6 Å². The average Bonchev–Trinajstić information content (AvgIpc) is 3.14. The predicted octanol–water partition coefficient (Wildman–Crippen LogP) is 5.12. The largest absolute Gasteiger partial charge is 0.320 e. The van der Waals surface area contributed by atoms with Gasteiger partial charge in [-0.15, -0.1) is 11.3 Å². The fourth-order valence-electron chi connectivity index (χ4n) is 5.07. The minimum absolute atomic E-state index is 0.0293. The summed E-state index contributed by atoms with van der Waals surface area (Å²) < 4.78 is 0. The van der Waals surface area contributed by atoms with Crippen molar-refractivity contribution in [1.29, 1.82) is 0 Å². The summed E-state index contributed by atoms with van der Waals surface area (Å²) in [5.74, 6) is 0.641. The Morgan fingerprint density at radius 2 is 1.91 bits per heavy atom. The summed E-state index contributed by atoms with van der Waals surface area (Å²) in [5.41, 5.74) is 2.75. The fraction of sp³-hybridized carbons (Fsp3) is 0.538. The van der Waals surface area contributed by atoms with Crippen LogP contribution in [0.25, 0.3) is 0 Å². The molecule has 0 unspecified atom stereocenters. The molecule has 33 heavy (non-hydrogen) atoms. The number of carbonyl (C=O) groups is 2. The van der Waals surface area contributed by atoms with Gasteiger partial charge < -0.3 is 10.2 Å². The van der Waals surface area contributed by atoms with Crippen molar-refractivity contribution in [2.45, 2.75) is 46.5 Å². The highest BCUT2D eigenvalue weighted by atomic mass is 32.1. The predicted molar refractivity (Wildman–Crippen MR) is 137 cm³/mol. The van der Waals surface area contributed by atoms with Crippen LogP contribution in [0.5, 0.6) is 0 Å². The number of benzene rings is 1. The number of aryl methyl sites for hydroxylation is 1. The highest BCUT2D eigenvalue weighted by molar-refractivity contribution is 7.11. The second-order valence-electron chi connectivity index (χ2n) is 9.14. The van der Waals surface area contributed by atoms with E-state index in [9.17, 15) is 9.59 Å². The van der Waals surface area contributed by atoms with E-state index in [1.54, 1.807) is 4.90 Å². The molecule has 1 saturated heterocycles. The third-order valence-electron chi connectivity index (χ3n) is 7.10. The van der Waals surface area contributed by atoms with Crippen LogP contribution in [0.2, 0.25) is 0 Å². The summed E-state index contributed by atoms with van der Waals surface area (Å²) in [5, 5.41) is 4.84. The summed E-state index contributed by atoms with van der Waals surface area (Å²) in [7, 11) is 0. The van der Waals surface area contributed by atoms with Gasteiger partial charge >= 0.3 is 0 Å². The van der Waals surface area contributed by atoms with Gasteiger partial charge in [0.2, 0.25) is 5.91 Å². The first kappa shape index (κ1) is 23.9. The number of carbonyl (C=O) groups excluding carboxylic acids is 2. The second kappa shape index (κ2) is 10.8. The number of likely N-dealkylation sites (tertiary alicyclic amines) is 1. The van der Waals surface area contributed by atoms with Crippen LogP contribution in [0.15, 0.2) is 29.6 Å². The molecule has 0 bridgehead atoms. The fourth-order valence-corrected chi connectivity index (χ4v) is 5.90. The van der Waals surface area contributed by atoms with Gasteiger partial charge in [0.15, 0.2) is 0 Å². The lowest BCUT2D eigenvalue weighted by molar-refractivity contribution is -0.119. The third-order valence-corrected chi connectivity index (χ3v) is 8.00. The SMILES string of the molecule is CCN(CC)CCCC1CCN(CC(=O)N2c3ccccc3NC(=O)c3csc(C)c32)CC1. The van der Waals surface area contributed by atoms with Gasteiger partial charge in [0.1, 0.15) is 0 Å². The second-order valence-corrected chi connectivity index (χ2v) is 10.2. The van der Waals surface area contributed by atoms with E-state index in [0.29, 0.717) is 17.8 Å². The van der Waals surface area contributed by atoms with E-state index in [0.717, 1.165) is 61.2 Å². The topological polar surface area (TPSA) is 55.9 Å². The number of hydrogen-bond donors (Lipinski definition) is 1. The minimum Gasteiger partial charge on any atom is -0.320 e. The van der Waals surface area contributed by atoms with Crippen molar-refractivity contribution in [3.05, 3.63) is 40.1 Å². The standard InChI is InChI=1S/C26H36N4O2S/c1-4-28(5-2)14-8-9-20-12-15-29(16-13-20)17-24(31)30-23-11-7-6-10-22(23)27-26(32)21-18-33-19(3)25(21)30/h6-7,10-11,18,20H,4-5,8-9,12-17H2,1-3H3,(H,27,32). The maximum Gasteiger partial charge on any atom is 0.258 e. The summed E-state index contributed by atoms with van der Waals surface area (Å²) in [4.78, 5) is 34.0. The minimum atomic E-state index is -0.150. The molecule has 0 saturated carbocycles. The van der Waals surface area contributed by atoms with Crippen molar-refractivity contribution in [3.8, 4) is 0 Å².